The first kappa shape index (κ1) is 13.7. The number of halogens is 4. The van der Waals surface area contributed by atoms with E-state index in [0.717, 1.165) is 0 Å². The van der Waals surface area contributed by atoms with Gasteiger partial charge in [0, 0.05) is 17.2 Å². The predicted molar refractivity (Wildman–Crippen MR) is 69.8 cm³/mol. The summed E-state index contributed by atoms with van der Waals surface area (Å²) in [5.41, 5.74) is 0.334. The van der Waals surface area contributed by atoms with Crippen LogP contribution in [0.1, 0.15) is 18.5 Å². The van der Waals surface area contributed by atoms with Crippen molar-refractivity contribution < 1.29 is 13.2 Å². The molecule has 0 amide bonds. The maximum Gasteiger partial charge on any atom is 0.152 e. The van der Waals surface area contributed by atoms with Gasteiger partial charge in [-0.25, -0.2) is 13.2 Å². The van der Waals surface area contributed by atoms with Crippen molar-refractivity contribution in [3.63, 3.8) is 0 Å². The van der Waals surface area contributed by atoms with Crippen LogP contribution in [0.15, 0.2) is 36.4 Å². The highest BCUT2D eigenvalue weighted by molar-refractivity contribution is 6.31. The molecule has 2 rings (SSSR count). The van der Waals surface area contributed by atoms with Crippen LogP contribution in [-0.2, 0) is 0 Å². The summed E-state index contributed by atoms with van der Waals surface area (Å²) in [5.74, 6) is -2.90. The smallest absolute Gasteiger partial charge is 0.152 e. The molecule has 0 aliphatic heterocycles. The van der Waals surface area contributed by atoms with Crippen LogP contribution in [0.25, 0.3) is 0 Å². The molecule has 0 bridgehead atoms. The maximum atomic E-state index is 13.5. The van der Waals surface area contributed by atoms with E-state index in [1.165, 1.54) is 0 Å². The molecule has 1 atom stereocenters. The standard InChI is InChI=1S/C14H11ClF3N/c1-8(10-4-2-3-5-11(10)15)19-14-12(17)6-9(16)7-13(14)18/h2-8,19H,1H3. The summed E-state index contributed by atoms with van der Waals surface area (Å²) < 4.78 is 39.8. The third-order valence-electron chi connectivity index (χ3n) is 2.74. The minimum atomic E-state index is -0.976. The third-order valence-corrected chi connectivity index (χ3v) is 3.08. The van der Waals surface area contributed by atoms with E-state index in [9.17, 15) is 13.2 Å². The van der Waals surface area contributed by atoms with Crippen LogP contribution in [0, 0.1) is 17.5 Å². The molecule has 0 heterocycles. The van der Waals surface area contributed by atoms with Gasteiger partial charge in [0.05, 0.1) is 6.04 Å². The first-order valence-electron chi connectivity index (χ1n) is 5.64. The zero-order valence-corrected chi connectivity index (χ0v) is 10.8. The molecule has 0 saturated carbocycles. The number of nitrogens with one attached hydrogen (secondary N) is 1. The van der Waals surface area contributed by atoms with Crippen molar-refractivity contribution in [2.45, 2.75) is 13.0 Å². The first-order valence-corrected chi connectivity index (χ1v) is 6.02. The molecule has 1 N–H and O–H groups in total. The Balaban J connectivity index is 2.29. The van der Waals surface area contributed by atoms with Gasteiger partial charge in [-0.15, -0.1) is 0 Å². The molecule has 1 unspecified atom stereocenters. The van der Waals surface area contributed by atoms with Gasteiger partial charge >= 0.3 is 0 Å². The van der Waals surface area contributed by atoms with Gasteiger partial charge in [0.15, 0.2) is 11.6 Å². The average molecular weight is 286 g/mol. The lowest BCUT2D eigenvalue weighted by Gasteiger charge is -2.18. The fourth-order valence-electron chi connectivity index (χ4n) is 1.80. The summed E-state index contributed by atoms with van der Waals surface area (Å²) in [6, 6.07) is 7.82. The lowest BCUT2D eigenvalue weighted by atomic mass is 10.1. The van der Waals surface area contributed by atoms with Crippen molar-refractivity contribution in [2.24, 2.45) is 0 Å². The second kappa shape index (κ2) is 5.53. The second-order valence-corrected chi connectivity index (χ2v) is 4.54. The normalized spacial score (nSPS) is 12.3. The summed E-state index contributed by atoms with van der Waals surface area (Å²) in [6.45, 7) is 1.71. The topological polar surface area (TPSA) is 12.0 Å². The molecule has 0 saturated heterocycles. The minimum Gasteiger partial charge on any atom is -0.374 e. The average Bonchev–Trinajstić information content (AvgIpc) is 2.34. The van der Waals surface area contributed by atoms with E-state index >= 15 is 0 Å². The molecular formula is C14H11ClF3N. The molecular weight excluding hydrogens is 275 g/mol. The molecule has 2 aromatic carbocycles. The zero-order chi connectivity index (χ0) is 14.0. The molecule has 0 spiro atoms. The van der Waals surface area contributed by atoms with E-state index in [0.29, 0.717) is 22.7 Å². The fourth-order valence-corrected chi connectivity index (χ4v) is 2.10. The molecule has 100 valence electrons. The van der Waals surface area contributed by atoms with Crippen LogP contribution in [0.5, 0.6) is 0 Å². The Morgan fingerprint density at radius 2 is 1.63 bits per heavy atom. The Morgan fingerprint density at radius 1 is 1.05 bits per heavy atom. The lowest BCUT2D eigenvalue weighted by Crippen LogP contribution is -2.10. The van der Waals surface area contributed by atoms with Gasteiger partial charge in [-0.2, -0.15) is 0 Å². The fraction of sp³-hybridized carbons (Fsp3) is 0.143. The van der Waals surface area contributed by atoms with Crippen molar-refractivity contribution >= 4 is 17.3 Å². The molecule has 2 aromatic rings. The number of hydrogen-bond donors (Lipinski definition) is 1. The molecule has 5 heteroatoms. The van der Waals surface area contributed by atoms with Gasteiger partial charge < -0.3 is 5.32 Å². The summed E-state index contributed by atoms with van der Waals surface area (Å²) in [7, 11) is 0. The van der Waals surface area contributed by atoms with Crippen LogP contribution in [0.3, 0.4) is 0 Å². The van der Waals surface area contributed by atoms with E-state index in [2.05, 4.69) is 5.32 Å². The van der Waals surface area contributed by atoms with Crippen molar-refractivity contribution in [3.05, 3.63) is 64.4 Å². The highest BCUT2D eigenvalue weighted by atomic mass is 35.5. The van der Waals surface area contributed by atoms with Gasteiger partial charge in [-0.3, -0.25) is 0 Å². The van der Waals surface area contributed by atoms with Crippen LogP contribution < -0.4 is 5.32 Å². The number of rotatable bonds is 3. The Hall–Kier alpha value is -1.68. The van der Waals surface area contributed by atoms with Gasteiger partial charge in [-0.05, 0) is 18.6 Å². The Labute approximate surface area is 114 Å². The Kier molecular flexibility index (Phi) is 4.00. The van der Waals surface area contributed by atoms with E-state index in [1.54, 1.807) is 31.2 Å². The first-order chi connectivity index (χ1) is 8.99. The molecule has 0 aliphatic carbocycles. The molecule has 0 aromatic heterocycles. The van der Waals surface area contributed by atoms with Crippen LogP contribution in [0.2, 0.25) is 5.02 Å². The third kappa shape index (κ3) is 3.01. The Morgan fingerprint density at radius 3 is 2.21 bits per heavy atom. The summed E-state index contributed by atoms with van der Waals surface area (Å²) in [5, 5.41) is 3.15. The minimum absolute atomic E-state index is 0.367. The zero-order valence-electron chi connectivity index (χ0n) is 10.1. The molecule has 1 nitrogen and oxygen atoms in total. The van der Waals surface area contributed by atoms with Crippen molar-refractivity contribution in [1.82, 2.24) is 0 Å². The quantitative estimate of drug-likeness (QED) is 0.843. The summed E-state index contributed by atoms with van der Waals surface area (Å²) in [4.78, 5) is 0. The lowest BCUT2D eigenvalue weighted by molar-refractivity contribution is 0.545. The van der Waals surface area contributed by atoms with Gasteiger partial charge in [0.1, 0.15) is 11.5 Å². The maximum absolute atomic E-state index is 13.5. The number of hydrogen-bond acceptors (Lipinski definition) is 1. The van der Waals surface area contributed by atoms with E-state index < -0.39 is 23.5 Å². The highest BCUT2D eigenvalue weighted by Gasteiger charge is 2.15. The van der Waals surface area contributed by atoms with Crippen LogP contribution in [0.4, 0.5) is 18.9 Å². The Bertz CT molecular complexity index is 578. The molecule has 0 radical (unpaired) electrons. The van der Waals surface area contributed by atoms with Crippen molar-refractivity contribution in [1.29, 1.82) is 0 Å². The van der Waals surface area contributed by atoms with E-state index in [1.807, 2.05) is 0 Å². The van der Waals surface area contributed by atoms with Crippen LogP contribution >= 0.6 is 11.6 Å². The molecule has 19 heavy (non-hydrogen) atoms. The number of benzene rings is 2. The van der Waals surface area contributed by atoms with Gasteiger partial charge in [0.25, 0.3) is 0 Å². The molecule has 0 fully saturated rings. The largest absolute Gasteiger partial charge is 0.374 e. The van der Waals surface area contributed by atoms with E-state index in [-0.39, 0.29) is 5.69 Å². The summed E-state index contributed by atoms with van der Waals surface area (Å²) in [6.07, 6.45) is 0. The monoisotopic (exact) mass is 285 g/mol. The van der Waals surface area contributed by atoms with Crippen LogP contribution in [-0.4, -0.2) is 0 Å². The predicted octanol–water partition coefficient (Wildman–Crippen LogP) is 4.93. The highest BCUT2D eigenvalue weighted by Crippen LogP contribution is 2.28. The SMILES string of the molecule is CC(Nc1c(F)cc(F)cc1F)c1ccccc1Cl. The summed E-state index contributed by atoms with van der Waals surface area (Å²) >= 11 is 6.00. The van der Waals surface area contributed by atoms with Crippen molar-refractivity contribution in [3.8, 4) is 0 Å². The second-order valence-electron chi connectivity index (χ2n) is 4.13. The van der Waals surface area contributed by atoms with Gasteiger partial charge in [0.2, 0.25) is 0 Å². The molecule has 0 aliphatic rings. The van der Waals surface area contributed by atoms with Gasteiger partial charge in [-0.1, -0.05) is 29.8 Å². The number of anilines is 1. The van der Waals surface area contributed by atoms with E-state index in [4.69, 9.17) is 11.6 Å². The van der Waals surface area contributed by atoms with Crippen molar-refractivity contribution in [2.75, 3.05) is 5.32 Å².